The van der Waals surface area contributed by atoms with E-state index in [4.69, 9.17) is 25.8 Å². The number of aromatic nitrogens is 4. The van der Waals surface area contributed by atoms with Gasteiger partial charge in [-0.1, -0.05) is 11.6 Å². The van der Waals surface area contributed by atoms with Crippen molar-refractivity contribution in [2.45, 2.75) is 32.5 Å². The molecule has 10 nitrogen and oxygen atoms in total. The van der Waals surface area contributed by atoms with Gasteiger partial charge in [0.25, 0.3) is 0 Å². The highest BCUT2D eigenvalue weighted by Gasteiger charge is 2.23. The molecule has 1 aliphatic rings. The van der Waals surface area contributed by atoms with E-state index in [1.807, 2.05) is 23.1 Å². The van der Waals surface area contributed by atoms with Gasteiger partial charge in [0.15, 0.2) is 11.5 Å². The van der Waals surface area contributed by atoms with E-state index in [1.165, 1.54) is 6.33 Å². The topological polar surface area (TPSA) is 112 Å². The molecule has 38 heavy (non-hydrogen) atoms. The van der Waals surface area contributed by atoms with E-state index in [-0.39, 0.29) is 18.6 Å². The van der Waals surface area contributed by atoms with Gasteiger partial charge in [-0.2, -0.15) is 0 Å². The van der Waals surface area contributed by atoms with Crippen LogP contribution in [0.5, 0.6) is 17.2 Å². The number of nitrogens with zero attached hydrogens (tertiary/aromatic N) is 5. The molecule has 0 bridgehead atoms. The van der Waals surface area contributed by atoms with Crippen molar-refractivity contribution >= 4 is 39.9 Å². The summed E-state index contributed by atoms with van der Waals surface area (Å²) in [6.45, 7) is 3.20. The van der Waals surface area contributed by atoms with Crippen LogP contribution >= 0.6 is 11.6 Å². The van der Waals surface area contributed by atoms with Crippen LogP contribution in [0, 0.1) is 0 Å². The fraction of sp³-hybridized carbons (Fsp3) is 0.296. The highest BCUT2D eigenvalue weighted by atomic mass is 35.5. The molecule has 0 atom stereocenters. The Bertz CT molecular complexity index is 1430. The number of halogens is 1. The van der Waals surface area contributed by atoms with Gasteiger partial charge in [-0.25, -0.2) is 9.97 Å². The maximum atomic E-state index is 11.7. The molecular weight excluding hydrogens is 508 g/mol. The van der Waals surface area contributed by atoms with E-state index in [9.17, 15) is 4.79 Å². The highest BCUT2D eigenvalue weighted by Crippen LogP contribution is 2.37. The zero-order chi connectivity index (χ0) is 26.5. The van der Waals surface area contributed by atoms with Gasteiger partial charge in [-0.05, 0) is 24.3 Å². The Hall–Kier alpha value is -4.18. The van der Waals surface area contributed by atoms with Gasteiger partial charge in [0.05, 0.1) is 29.5 Å². The van der Waals surface area contributed by atoms with Gasteiger partial charge in [0.1, 0.15) is 30.6 Å². The molecule has 1 N–H and O–H groups in total. The Morgan fingerprint density at radius 2 is 1.92 bits per heavy atom. The molecule has 196 valence electrons. The van der Waals surface area contributed by atoms with Crippen molar-refractivity contribution in [3.05, 3.63) is 66.0 Å². The third kappa shape index (κ3) is 5.86. The molecule has 4 aromatic rings. The number of rotatable bonds is 8. The number of likely N-dealkylation sites (tertiary alicyclic amines) is 1. The summed E-state index contributed by atoms with van der Waals surface area (Å²) in [5, 5.41) is 4.53. The summed E-state index contributed by atoms with van der Waals surface area (Å²) in [4.78, 5) is 30.6. The van der Waals surface area contributed by atoms with Crippen LogP contribution in [0.15, 0.2) is 55.2 Å². The summed E-state index contributed by atoms with van der Waals surface area (Å²) in [7, 11) is 1.60. The molecule has 0 saturated carbocycles. The smallest absolute Gasteiger partial charge is 0.219 e. The second-order valence-electron chi connectivity index (χ2n) is 8.82. The Kier molecular flexibility index (Phi) is 7.69. The minimum atomic E-state index is -0.0220. The van der Waals surface area contributed by atoms with Crippen molar-refractivity contribution in [3.63, 3.8) is 0 Å². The monoisotopic (exact) mass is 534 g/mol. The summed E-state index contributed by atoms with van der Waals surface area (Å²) in [6.07, 6.45) is 7.84. The predicted octanol–water partition coefficient (Wildman–Crippen LogP) is 4.79. The van der Waals surface area contributed by atoms with Crippen molar-refractivity contribution in [3.8, 4) is 17.2 Å². The Morgan fingerprint density at radius 1 is 1.08 bits per heavy atom. The normalized spacial score (nSPS) is 13.8. The van der Waals surface area contributed by atoms with E-state index in [0.717, 1.165) is 23.9 Å². The standard InChI is InChI=1S/C27H27ClN6O4/c1-17(35)34-9-5-20(6-10-34)38-26-12-21-23(13-25(26)36-2)31-16-32-27(21)33-18-3-4-24(22(28)11-18)37-15-19-14-29-7-8-30-19/h3-4,7-8,11-14,16,20H,5-6,9-10,15H2,1-2H3,(H,31,32,33). The van der Waals surface area contributed by atoms with Gasteiger partial charge in [-0.15, -0.1) is 0 Å². The average Bonchev–Trinajstić information content (AvgIpc) is 2.93. The van der Waals surface area contributed by atoms with E-state index >= 15 is 0 Å². The van der Waals surface area contributed by atoms with Crippen molar-refractivity contribution in [1.82, 2.24) is 24.8 Å². The molecule has 5 rings (SSSR count). The number of methoxy groups -OCH3 is 1. The van der Waals surface area contributed by atoms with Crippen LogP contribution in [-0.2, 0) is 11.4 Å². The van der Waals surface area contributed by atoms with Crippen LogP contribution in [0.4, 0.5) is 11.5 Å². The van der Waals surface area contributed by atoms with Gasteiger partial charge >= 0.3 is 0 Å². The summed E-state index contributed by atoms with van der Waals surface area (Å²) in [5.74, 6) is 2.41. The van der Waals surface area contributed by atoms with Gasteiger partial charge in [0, 0.05) is 62.4 Å². The zero-order valence-corrected chi connectivity index (χ0v) is 21.8. The number of carbonyl (C=O) groups excluding carboxylic acids is 1. The largest absolute Gasteiger partial charge is 0.493 e. The SMILES string of the molecule is COc1cc2ncnc(Nc3ccc(OCc4cnccn4)c(Cl)c3)c2cc1OC1CCN(C(C)=O)CC1. The van der Waals surface area contributed by atoms with Gasteiger partial charge in [0.2, 0.25) is 5.91 Å². The van der Waals surface area contributed by atoms with Crippen molar-refractivity contribution < 1.29 is 19.0 Å². The summed E-state index contributed by atoms with van der Waals surface area (Å²) in [5.41, 5.74) is 2.14. The first-order chi connectivity index (χ1) is 18.5. The number of amides is 1. The molecule has 1 fully saturated rings. The van der Waals surface area contributed by atoms with Crippen molar-refractivity contribution in [2.75, 3.05) is 25.5 Å². The lowest BCUT2D eigenvalue weighted by Crippen LogP contribution is -2.40. The number of hydrogen-bond donors (Lipinski definition) is 1. The van der Waals surface area contributed by atoms with Crippen LogP contribution in [0.25, 0.3) is 10.9 Å². The maximum Gasteiger partial charge on any atom is 0.219 e. The second-order valence-corrected chi connectivity index (χ2v) is 9.23. The summed E-state index contributed by atoms with van der Waals surface area (Å²) >= 11 is 6.49. The number of anilines is 2. The molecule has 0 radical (unpaired) electrons. The van der Waals surface area contributed by atoms with E-state index in [0.29, 0.717) is 52.4 Å². The molecule has 0 unspecified atom stereocenters. The molecule has 1 saturated heterocycles. The minimum Gasteiger partial charge on any atom is -0.493 e. The maximum absolute atomic E-state index is 11.7. The predicted molar refractivity (Wildman–Crippen MR) is 143 cm³/mol. The van der Waals surface area contributed by atoms with Crippen molar-refractivity contribution in [2.24, 2.45) is 0 Å². The average molecular weight is 535 g/mol. The Balaban J connectivity index is 1.34. The van der Waals surface area contributed by atoms with E-state index < -0.39 is 0 Å². The number of fused-ring (bicyclic) bond motifs is 1. The molecule has 11 heteroatoms. The number of carbonyl (C=O) groups is 1. The van der Waals surface area contributed by atoms with Crippen LogP contribution in [0.2, 0.25) is 5.02 Å². The Labute approximate surface area is 224 Å². The lowest BCUT2D eigenvalue weighted by atomic mass is 10.1. The number of nitrogens with one attached hydrogen (secondary N) is 1. The molecule has 0 aliphatic carbocycles. The van der Waals surface area contributed by atoms with E-state index in [1.54, 1.807) is 44.8 Å². The first-order valence-corrected chi connectivity index (χ1v) is 12.6. The second kappa shape index (κ2) is 11.5. The molecule has 1 amide bonds. The summed E-state index contributed by atoms with van der Waals surface area (Å²) < 4.78 is 17.7. The lowest BCUT2D eigenvalue weighted by molar-refractivity contribution is -0.130. The molecule has 2 aromatic carbocycles. The fourth-order valence-corrected chi connectivity index (χ4v) is 4.51. The highest BCUT2D eigenvalue weighted by molar-refractivity contribution is 6.32. The van der Waals surface area contributed by atoms with Gasteiger partial charge in [-0.3, -0.25) is 14.8 Å². The molecular formula is C27H27ClN6O4. The quantitative estimate of drug-likeness (QED) is 0.341. The number of ether oxygens (including phenoxy) is 3. The van der Waals surface area contributed by atoms with Crippen LogP contribution < -0.4 is 19.5 Å². The lowest BCUT2D eigenvalue weighted by Gasteiger charge is -2.31. The van der Waals surface area contributed by atoms with Crippen LogP contribution in [-0.4, -0.2) is 57.0 Å². The summed E-state index contributed by atoms with van der Waals surface area (Å²) in [6, 6.07) is 9.13. The van der Waals surface area contributed by atoms with Crippen molar-refractivity contribution in [1.29, 1.82) is 0 Å². The van der Waals surface area contributed by atoms with Crippen LogP contribution in [0.3, 0.4) is 0 Å². The third-order valence-corrected chi connectivity index (χ3v) is 6.58. The number of hydrogen-bond acceptors (Lipinski definition) is 9. The fourth-order valence-electron chi connectivity index (χ4n) is 4.27. The molecule has 1 aliphatic heterocycles. The first kappa shape index (κ1) is 25.5. The van der Waals surface area contributed by atoms with Crippen LogP contribution in [0.1, 0.15) is 25.5 Å². The first-order valence-electron chi connectivity index (χ1n) is 12.2. The van der Waals surface area contributed by atoms with E-state index in [2.05, 4.69) is 25.3 Å². The molecule has 0 spiro atoms. The minimum absolute atomic E-state index is 0.0220. The molecule has 2 aromatic heterocycles. The molecule has 3 heterocycles. The Morgan fingerprint density at radius 3 is 2.63 bits per heavy atom. The van der Waals surface area contributed by atoms with Gasteiger partial charge < -0.3 is 24.4 Å². The number of piperidine rings is 1. The number of benzene rings is 2. The zero-order valence-electron chi connectivity index (χ0n) is 21.1. The third-order valence-electron chi connectivity index (χ3n) is 6.29.